The second-order valence-corrected chi connectivity index (χ2v) is 15.8. The zero-order valence-corrected chi connectivity index (χ0v) is 30.6. The van der Waals surface area contributed by atoms with Crippen molar-refractivity contribution in [2.75, 3.05) is 60.6 Å². The van der Waals surface area contributed by atoms with Crippen LogP contribution in [-0.4, -0.2) is 82.2 Å². The van der Waals surface area contributed by atoms with Crippen LogP contribution in [0.25, 0.3) is 16.6 Å². The molecule has 1 atom stereocenters. The number of aromatic nitrogens is 4. The molecule has 266 valence electrons. The van der Waals surface area contributed by atoms with Crippen molar-refractivity contribution in [1.82, 2.24) is 19.6 Å². The summed E-state index contributed by atoms with van der Waals surface area (Å²) in [5.41, 5.74) is 8.40. The Balaban J connectivity index is 1.28. The van der Waals surface area contributed by atoms with Crippen molar-refractivity contribution in [2.24, 2.45) is 5.41 Å². The molecule has 1 N–H and O–H groups in total. The Hall–Kier alpha value is -4.22. The van der Waals surface area contributed by atoms with Gasteiger partial charge in [-0.05, 0) is 88.1 Å². The molecule has 2 saturated heterocycles. The minimum absolute atomic E-state index is 0.235. The van der Waals surface area contributed by atoms with Gasteiger partial charge in [0.05, 0.1) is 24.5 Å². The van der Waals surface area contributed by atoms with Gasteiger partial charge in [0.1, 0.15) is 5.52 Å². The van der Waals surface area contributed by atoms with E-state index in [0.717, 1.165) is 98.3 Å². The molecule has 11 nitrogen and oxygen atoms in total. The molecule has 6 heterocycles. The fraction of sp³-hybridized carbons (Fsp3) is 0.538. The summed E-state index contributed by atoms with van der Waals surface area (Å²) in [5, 5.41) is 15.4. The van der Waals surface area contributed by atoms with E-state index in [2.05, 4.69) is 59.7 Å². The lowest BCUT2D eigenvalue weighted by molar-refractivity contribution is -0.160. The van der Waals surface area contributed by atoms with Gasteiger partial charge >= 0.3 is 5.97 Å². The predicted octanol–water partition coefficient (Wildman–Crippen LogP) is 6.37. The third kappa shape index (κ3) is 6.77. The molecule has 0 amide bonds. The number of aryl methyl sites for hydroxylation is 2. The molecule has 3 aromatic heterocycles. The van der Waals surface area contributed by atoms with Crippen molar-refractivity contribution in [3.05, 3.63) is 64.6 Å². The maximum Gasteiger partial charge on any atom is 0.337 e. The second kappa shape index (κ2) is 13.2. The average Bonchev–Trinajstić information content (AvgIpc) is 3.55. The number of ether oxygens (including phenoxy) is 2. The number of carboxylic acid groups (broad SMARTS) is 1. The molecule has 0 spiro atoms. The first-order valence-electron chi connectivity index (χ1n) is 18.0. The highest BCUT2D eigenvalue weighted by atomic mass is 16.5. The SMILES string of the molecule is Cc1nc(C)c([C@H](OC(C)(C)C)C(=O)O)c(N2CCC(C)(C)CC2)c1-c1ccc2c(c1)CCN(c1nc(N3CCOCC3)nn3cccc13)C2. The topological polar surface area (TPSA) is 109 Å². The molecule has 50 heavy (non-hydrogen) atoms. The standard InChI is InChI=1S/C39H51N7O4/c1-25-31(33(43-17-13-39(6,7)14-18-43)32(26(2)40-25)34(36(47)48)50-38(3,4)5)28-10-11-29-24-45(16-12-27(29)23-28)35-30-9-8-15-46(30)42-37(41-35)44-19-21-49-22-20-44/h8-11,15,23,34H,12-14,16-22,24H2,1-7H3,(H,47,48)/t34-/m0/s1. The van der Waals surface area contributed by atoms with Gasteiger partial charge in [0.2, 0.25) is 5.95 Å². The maximum absolute atomic E-state index is 12.9. The number of piperidine rings is 1. The van der Waals surface area contributed by atoms with Gasteiger partial charge in [0.15, 0.2) is 11.9 Å². The highest BCUT2D eigenvalue weighted by Gasteiger charge is 2.37. The third-order valence-corrected chi connectivity index (χ3v) is 10.4. The van der Waals surface area contributed by atoms with Gasteiger partial charge in [0, 0.05) is 68.0 Å². The molecule has 0 saturated carbocycles. The van der Waals surface area contributed by atoms with Crippen LogP contribution in [0, 0.1) is 19.3 Å². The Morgan fingerprint density at radius 1 is 0.940 bits per heavy atom. The van der Waals surface area contributed by atoms with Gasteiger partial charge < -0.3 is 29.3 Å². The number of morpholine rings is 1. The molecule has 3 aliphatic rings. The summed E-state index contributed by atoms with van der Waals surface area (Å²) in [4.78, 5) is 30.0. The van der Waals surface area contributed by atoms with Gasteiger partial charge in [-0.1, -0.05) is 32.0 Å². The first kappa shape index (κ1) is 34.2. The molecular formula is C39H51N7O4. The number of carboxylic acids is 1. The second-order valence-electron chi connectivity index (χ2n) is 15.8. The summed E-state index contributed by atoms with van der Waals surface area (Å²) in [6, 6.07) is 10.8. The number of pyridine rings is 1. The van der Waals surface area contributed by atoms with Crippen LogP contribution >= 0.6 is 0 Å². The summed E-state index contributed by atoms with van der Waals surface area (Å²) < 4.78 is 13.8. The summed E-state index contributed by atoms with van der Waals surface area (Å²) in [6.07, 6.45) is 3.75. The van der Waals surface area contributed by atoms with E-state index in [9.17, 15) is 9.90 Å². The molecule has 0 unspecified atom stereocenters. The van der Waals surface area contributed by atoms with Crippen molar-refractivity contribution < 1.29 is 19.4 Å². The quantitative estimate of drug-likeness (QED) is 0.236. The van der Waals surface area contributed by atoms with Crippen LogP contribution in [0.5, 0.6) is 0 Å². The average molecular weight is 682 g/mol. The highest BCUT2D eigenvalue weighted by Crippen LogP contribution is 2.45. The predicted molar refractivity (Wildman–Crippen MR) is 196 cm³/mol. The monoisotopic (exact) mass is 681 g/mol. The highest BCUT2D eigenvalue weighted by molar-refractivity contribution is 5.88. The van der Waals surface area contributed by atoms with Crippen LogP contribution in [0.3, 0.4) is 0 Å². The van der Waals surface area contributed by atoms with Crippen LogP contribution in [-0.2, 0) is 27.2 Å². The van der Waals surface area contributed by atoms with Gasteiger partial charge in [-0.3, -0.25) is 4.98 Å². The Morgan fingerprint density at radius 2 is 1.68 bits per heavy atom. The van der Waals surface area contributed by atoms with Gasteiger partial charge in [0.25, 0.3) is 0 Å². The van der Waals surface area contributed by atoms with E-state index in [1.165, 1.54) is 11.1 Å². The number of anilines is 3. The summed E-state index contributed by atoms with van der Waals surface area (Å²) in [7, 11) is 0. The van der Waals surface area contributed by atoms with Gasteiger partial charge in [-0.25, -0.2) is 9.31 Å². The van der Waals surface area contributed by atoms with Gasteiger partial charge in [-0.2, -0.15) is 4.98 Å². The summed E-state index contributed by atoms with van der Waals surface area (Å²) >= 11 is 0. The lowest BCUT2D eigenvalue weighted by Crippen LogP contribution is -2.39. The maximum atomic E-state index is 12.9. The number of rotatable bonds is 7. The van der Waals surface area contributed by atoms with E-state index in [4.69, 9.17) is 24.5 Å². The molecule has 1 aromatic carbocycles. The van der Waals surface area contributed by atoms with Crippen LogP contribution in [0.1, 0.15) is 81.6 Å². The number of fused-ring (bicyclic) bond motifs is 2. The van der Waals surface area contributed by atoms with Crippen LogP contribution < -0.4 is 14.7 Å². The fourth-order valence-electron chi connectivity index (χ4n) is 7.68. The Kier molecular flexibility index (Phi) is 9.01. The van der Waals surface area contributed by atoms with E-state index >= 15 is 0 Å². The minimum atomic E-state index is -1.14. The van der Waals surface area contributed by atoms with E-state index in [1.54, 1.807) is 0 Å². The number of benzene rings is 1. The molecule has 7 rings (SSSR count). The lowest BCUT2D eigenvalue weighted by atomic mass is 9.81. The van der Waals surface area contributed by atoms with Crippen molar-refractivity contribution in [1.29, 1.82) is 0 Å². The van der Waals surface area contributed by atoms with Crippen LogP contribution in [0.15, 0.2) is 36.5 Å². The first-order chi connectivity index (χ1) is 23.8. The molecule has 0 bridgehead atoms. The number of hydrogen-bond acceptors (Lipinski definition) is 9. The number of aliphatic carboxylic acids is 1. The van der Waals surface area contributed by atoms with Crippen molar-refractivity contribution in [3.63, 3.8) is 0 Å². The van der Waals surface area contributed by atoms with E-state index in [-0.39, 0.29) is 5.41 Å². The van der Waals surface area contributed by atoms with Crippen molar-refractivity contribution >= 4 is 28.9 Å². The smallest absolute Gasteiger partial charge is 0.337 e. The third-order valence-electron chi connectivity index (χ3n) is 10.4. The van der Waals surface area contributed by atoms with E-state index < -0.39 is 17.7 Å². The first-order valence-corrected chi connectivity index (χ1v) is 18.0. The Bertz CT molecular complexity index is 1900. The number of nitrogens with zero attached hydrogens (tertiary/aromatic N) is 7. The largest absolute Gasteiger partial charge is 0.479 e. The number of hydrogen-bond donors (Lipinski definition) is 1. The van der Waals surface area contributed by atoms with Crippen molar-refractivity contribution in [2.45, 2.75) is 86.0 Å². The van der Waals surface area contributed by atoms with E-state index in [1.807, 2.05) is 44.5 Å². The Morgan fingerprint density at radius 3 is 2.38 bits per heavy atom. The zero-order chi connectivity index (χ0) is 35.4. The number of carbonyl (C=O) groups is 1. The molecule has 0 radical (unpaired) electrons. The zero-order valence-electron chi connectivity index (χ0n) is 30.6. The Labute approximate surface area is 295 Å². The lowest BCUT2D eigenvalue weighted by Gasteiger charge is -2.41. The van der Waals surface area contributed by atoms with E-state index in [0.29, 0.717) is 24.5 Å². The molecule has 0 aliphatic carbocycles. The molecule has 3 aliphatic heterocycles. The minimum Gasteiger partial charge on any atom is -0.479 e. The summed E-state index contributed by atoms with van der Waals surface area (Å²) in [5.74, 6) is 0.677. The molecule has 2 fully saturated rings. The molecule has 4 aromatic rings. The van der Waals surface area contributed by atoms with Crippen molar-refractivity contribution in [3.8, 4) is 11.1 Å². The van der Waals surface area contributed by atoms with Crippen LogP contribution in [0.4, 0.5) is 17.5 Å². The molecule has 11 heteroatoms. The van der Waals surface area contributed by atoms with Gasteiger partial charge in [-0.15, -0.1) is 5.10 Å². The summed E-state index contributed by atoms with van der Waals surface area (Å²) in [6.45, 7) is 20.5. The molecular weight excluding hydrogens is 630 g/mol. The normalized spacial score (nSPS) is 18.7. The fourth-order valence-corrected chi connectivity index (χ4v) is 7.68. The van der Waals surface area contributed by atoms with Crippen LogP contribution in [0.2, 0.25) is 0 Å².